The first-order valence-electron chi connectivity index (χ1n) is 7.75. The van der Waals surface area contributed by atoms with Gasteiger partial charge in [0, 0.05) is 17.0 Å². The Labute approximate surface area is 155 Å². The van der Waals surface area contributed by atoms with E-state index in [2.05, 4.69) is 15.3 Å². The fraction of sp³-hybridized carbons (Fsp3) is 0.235. The predicted molar refractivity (Wildman–Crippen MR) is 99.0 cm³/mol. The van der Waals surface area contributed by atoms with Crippen molar-refractivity contribution in [1.82, 2.24) is 14.9 Å². The van der Waals surface area contributed by atoms with E-state index < -0.39 is 0 Å². The topological polar surface area (TPSA) is 68.3 Å². The minimum absolute atomic E-state index is 0.306. The summed E-state index contributed by atoms with van der Waals surface area (Å²) >= 11 is 11.2. The molecule has 0 saturated carbocycles. The number of aromatic nitrogens is 3. The fourth-order valence-electron chi connectivity index (χ4n) is 2.22. The number of nitrogens with zero attached hydrogens (tertiary/aromatic N) is 3. The number of nitrogens with one attached hydrogen (secondary N) is 1. The maximum Gasteiger partial charge on any atom is 0.216 e. The van der Waals surface area contributed by atoms with Gasteiger partial charge in [-0.1, -0.05) is 24.6 Å². The number of aromatic amines is 1. The van der Waals surface area contributed by atoms with Gasteiger partial charge >= 0.3 is 0 Å². The summed E-state index contributed by atoms with van der Waals surface area (Å²) in [5.41, 5.74) is 0.902. The lowest BCUT2D eigenvalue weighted by molar-refractivity contribution is 0.268. The third-order valence-electron chi connectivity index (χ3n) is 3.60. The van der Waals surface area contributed by atoms with E-state index in [9.17, 15) is 0 Å². The molecule has 3 aromatic rings. The van der Waals surface area contributed by atoms with E-state index in [1.165, 1.54) is 0 Å². The highest BCUT2D eigenvalue weighted by molar-refractivity contribution is 7.71. The van der Waals surface area contributed by atoms with Crippen LogP contribution in [-0.4, -0.2) is 21.1 Å². The summed E-state index contributed by atoms with van der Waals surface area (Å²) in [4.78, 5) is 0. The summed E-state index contributed by atoms with van der Waals surface area (Å²) in [5.74, 6) is 2.78. The smallest absolute Gasteiger partial charge is 0.216 e. The van der Waals surface area contributed by atoms with Crippen molar-refractivity contribution in [3.8, 4) is 5.75 Å². The molecule has 0 amide bonds. The monoisotopic (exact) mass is 376 g/mol. The summed E-state index contributed by atoms with van der Waals surface area (Å²) < 4.78 is 13.5. The van der Waals surface area contributed by atoms with Crippen molar-refractivity contribution in [1.29, 1.82) is 0 Å². The van der Waals surface area contributed by atoms with Gasteiger partial charge in [-0.2, -0.15) is 14.9 Å². The van der Waals surface area contributed by atoms with Gasteiger partial charge < -0.3 is 9.15 Å². The molecule has 2 heterocycles. The second-order valence-electron chi connectivity index (χ2n) is 5.31. The van der Waals surface area contributed by atoms with E-state index in [4.69, 9.17) is 33.0 Å². The van der Waals surface area contributed by atoms with Crippen molar-refractivity contribution in [2.75, 3.05) is 0 Å². The van der Waals surface area contributed by atoms with Gasteiger partial charge in [0.2, 0.25) is 4.77 Å². The highest BCUT2D eigenvalue weighted by Crippen LogP contribution is 2.25. The average molecular weight is 377 g/mol. The molecule has 1 N–H and O–H groups in total. The van der Waals surface area contributed by atoms with E-state index in [1.807, 2.05) is 44.2 Å². The van der Waals surface area contributed by atoms with Gasteiger partial charge in [0.1, 0.15) is 23.9 Å². The first kappa shape index (κ1) is 17.4. The molecule has 0 aliphatic heterocycles. The first-order chi connectivity index (χ1) is 12.1. The summed E-state index contributed by atoms with van der Waals surface area (Å²) in [6, 6.07) is 9.22. The Morgan fingerprint density at radius 3 is 3.04 bits per heavy atom. The van der Waals surface area contributed by atoms with Gasteiger partial charge in [-0.15, -0.1) is 0 Å². The molecule has 3 rings (SSSR count). The Morgan fingerprint density at radius 1 is 1.40 bits per heavy atom. The molecule has 0 atom stereocenters. The van der Waals surface area contributed by atoms with Crippen molar-refractivity contribution in [3.63, 3.8) is 0 Å². The van der Waals surface area contributed by atoms with Crippen LogP contribution in [0, 0.1) is 11.7 Å². The fourth-order valence-corrected chi connectivity index (χ4v) is 2.59. The molecule has 8 heteroatoms. The largest absolute Gasteiger partial charge is 0.485 e. The Kier molecular flexibility index (Phi) is 5.35. The molecule has 130 valence electrons. The lowest BCUT2D eigenvalue weighted by Crippen LogP contribution is -1.97. The first-order valence-corrected chi connectivity index (χ1v) is 8.54. The van der Waals surface area contributed by atoms with E-state index in [-0.39, 0.29) is 0 Å². The zero-order valence-corrected chi connectivity index (χ0v) is 15.4. The normalized spacial score (nSPS) is 11.3. The van der Waals surface area contributed by atoms with Crippen molar-refractivity contribution in [2.45, 2.75) is 26.9 Å². The zero-order chi connectivity index (χ0) is 17.8. The molecule has 0 unspecified atom stereocenters. The van der Waals surface area contributed by atoms with Gasteiger partial charge in [0.05, 0.1) is 6.21 Å². The molecule has 0 bridgehead atoms. The van der Waals surface area contributed by atoms with E-state index in [0.29, 0.717) is 27.9 Å². The molecular weight excluding hydrogens is 360 g/mol. The minimum atomic E-state index is 0.306. The van der Waals surface area contributed by atoms with Crippen molar-refractivity contribution in [3.05, 3.63) is 63.0 Å². The standard InChI is InChI=1S/C17H17ClN4O2S/c1-3-16-20-21-17(25)22(16)19-9-12-7-8-13(24-12)10-23-15-6-4-5-14(18)11(15)2/h4-9H,3,10H2,1-2H3,(H,21,25)/b19-9-. The Hall–Kier alpha value is -2.38. The SMILES string of the molecule is CCc1n[nH]c(=S)n1/N=C\c1ccc(COc2cccc(Cl)c2C)o1. The summed E-state index contributed by atoms with van der Waals surface area (Å²) in [6.45, 7) is 4.20. The van der Waals surface area contributed by atoms with Gasteiger partial charge in [0.25, 0.3) is 0 Å². The molecule has 1 aromatic carbocycles. The van der Waals surface area contributed by atoms with Crippen LogP contribution in [0.3, 0.4) is 0 Å². The third-order valence-corrected chi connectivity index (χ3v) is 4.28. The number of halogens is 1. The summed E-state index contributed by atoms with van der Waals surface area (Å²) in [5, 5.41) is 11.8. The van der Waals surface area contributed by atoms with Crippen molar-refractivity contribution < 1.29 is 9.15 Å². The van der Waals surface area contributed by atoms with Crippen LogP contribution in [0.2, 0.25) is 5.02 Å². The van der Waals surface area contributed by atoms with Crippen LogP contribution in [0.15, 0.2) is 39.9 Å². The molecule has 0 aliphatic carbocycles. The lowest BCUT2D eigenvalue weighted by Gasteiger charge is -2.08. The maximum atomic E-state index is 6.09. The van der Waals surface area contributed by atoms with Crippen LogP contribution in [-0.2, 0) is 13.0 Å². The molecule has 0 radical (unpaired) electrons. The van der Waals surface area contributed by atoms with Crippen LogP contribution < -0.4 is 4.74 Å². The summed E-state index contributed by atoms with van der Waals surface area (Å²) in [6.07, 6.45) is 2.32. The van der Waals surface area contributed by atoms with Crippen LogP contribution in [0.4, 0.5) is 0 Å². The van der Waals surface area contributed by atoms with Crippen LogP contribution >= 0.6 is 23.8 Å². The van der Waals surface area contributed by atoms with Gasteiger partial charge in [-0.05, 0) is 43.4 Å². The quantitative estimate of drug-likeness (QED) is 0.507. The van der Waals surface area contributed by atoms with E-state index >= 15 is 0 Å². The third kappa shape index (κ3) is 4.00. The van der Waals surface area contributed by atoms with E-state index in [0.717, 1.165) is 23.6 Å². The molecule has 0 aliphatic rings. The average Bonchev–Trinajstić information content (AvgIpc) is 3.20. The summed E-state index contributed by atoms with van der Waals surface area (Å²) in [7, 11) is 0. The number of hydrogen-bond acceptors (Lipinski definition) is 5. The highest BCUT2D eigenvalue weighted by Gasteiger charge is 2.06. The number of ether oxygens (including phenoxy) is 1. The number of furan rings is 1. The van der Waals surface area contributed by atoms with Crippen molar-refractivity contribution >= 4 is 30.0 Å². The molecule has 25 heavy (non-hydrogen) atoms. The highest BCUT2D eigenvalue weighted by atomic mass is 35.5. The Balaban J connectivity index is 1.68. The predicted octanol–water partition coefficient (Wildman–Crippen LogP) is 4.52. The van der Waals surface area contributed by atoms with E-state index in [1.54, 1.807) is 10.9 Å². The van der Waals surface area contributed by atoms with Crippen LogP contribution in [0.5, 0.6) is 5.75 Å². The maximum absolute atomic E-state index is 6.09. The lowest BCUT2D eigenvalue weighted by atomic mass is 10.2. The Bertz CT molecular complexity index is 958. The minimum Gasteiger partial charge on any atom is -0.485 e. The molecule has 0 spiro atoms. The number of aryl methyl sites for hydroxylation is 1. The number of rotatable bonds is 6. The number of H-pyrrole nitrogens is 1. The van der Waals surface area contributed by atoms with Crippen LogP contribution in [0.1, 0.15) is 29.8 Å². The van der Waals surface area contributed by atoms with Crippen LogP contribution in [0.25, 0.3) is 0 Å². The molecule has 0 fully saturated rings. The second-order valence-corrected chi connectivity index (χ2v) is 6.10. The molecule has 0 saturated heterocycles. The molecule has 6 nitrogen and oxygen atoms in total. The Morgan fingerprint density at radius 2 is 2.24 bits per heavy atom. The zero-order valence-electron chi connectivity index (χ0n) is 13.8. The second kappa shape index (κ2) is 7.67. The number of hydrogen-bond donors (Lipinski definition) is 1. The molecule has 2 aromatic heterocycles. The van der Waals surface area contributed by atoms with Gasteiger partial charge in [-0.3, -0.25) is 5.10 Å². The van der Waals surface area contributed by atoms with Gasteiger partial charge in [-0.25, -0.2) is 0 Å². The van der Waals surface area contributed by atoms with Crippen molar-refractivity contribution in [2.24, 2.45) is 5.10 Å². The number of benzene rings is 1. The molecular formula is C17H17ClN4O2S. The van der Waals surface area contributed by atoms with Gasteiger partial charge in [0.15, 0.2) is 5.82 Å².